The van der Waals surface area contributed by atoms with Crippen molar-refractivity contribution in [3.05, 3.63) is 29.3 Å². The lowest BCUT2D eigenvalue weighted by Gasteiger charge is -2.19. The van der Waals surface area contributed by atoms with Crippen LogP contribution >= 0.6 is 0 Å². The minimum absolute atomic E-state index is 0.164. The summed E-state index contributed by atoms with van der Waals surface area (Å²) >= 11 is 0. The molecular formula is C14H17NO4. The van der Waals surface area contributed by atoms with Crippen LogP contribution in [0.2, 0.25) is 0 Å². The second-order valence-electron chi connectivity index (χ2n) is 4.85. The Kier molecular flexibility index (Phi) is 3.74. The Hall–Kier alpha value is -2.04. The zero-order valence-corrected chi connectivity index (χ0v) is 11.0. The lowest BCUT2D eigenvalue weighted by atomic mass is 10.1. The summed E-state index contributed by atoms with van der Waals surface area (Å²) in [5, 5.41) is 8.86. The fourth-order valence-electron chi connectivity index (χ4n) is 2.11. The van der Waals surface area contributed by atoms with Crippen LogP contribution in [-0.2, 0) is 11.2 Å². The van der Waals surface area contributed by atoms with Crippen LogP contribution in [0.15, 0.2) is 18.2 Å². The van der Waals surface area contributed by atoms with Crippen molar-refractivity contribution in [2.75, 3.05) is 20.2 Å². The first-order chi connectivity index (χ1) is 8.99. The molecule has 1 N–H and O–H groups in total. The Morgan fingerprint density at radius 3 is 2.89 bits per heavy atom. The van der Waals surface area contributed by atoms with Crippen molar-refractivity contribution in [2.45, 2.75) is 13.3 Å². The molecule has 5 heteroatoms. The van der Waals surface area contributed by atoms with Crippen LogP contribution in [0.4, 0.5) is 0 Å². The van der Waals surface area contributed by atoms with E-state index >= 15 is 0 Å². The predicted molar refractivity (Wildman–Crippen MR) is 69.4 cm³/mol. The molecule has 0 saturated carbocycles. The van der Waals surface area contributed by atoms with E-state index in [1.165, 1.54) is 4.90 Å². The van der Waals surface area contributed by atoms with Crippen molar-refractivity contribution >= 4 is 11.9 Å². The molecule has 1 aliphatic heterocycles. The average molecular weight is 263 g/mol. The number of carbonyl (C=O) groups is 2. The summed E-state index contributed by atoms with van der Waals surface area (Å²) in [6.45, 7) is 2.43. The molecule has 5 nitrogen and oxygen atoms in total. The van der Waals surface area contributed by atoms with Crippen LogP contribution in [0.3, 0.4) is 0 Å². The SMILES string of the molecule is C[C@H](CN(C)C(=O)c1ccc2c(c1)CCO2)C(=O)O. The summed E-state index contributed by atoms with van der Waals surface area (Å²) in [4.78, 5) is 24.4. The van der Waals surface area contributed by atoms with Gasteiger partial charge in [-0.2, -0.15) is 0 Å². The number of hydrogen-bond donors (Lipinski definition) is 1. The summed E-state index contributed by atoms with van der Waals surface area (Å²) in [6.07, 6.45) is 0.811. The van der Waals surface area contributed by atoms with Gasteiger partial charge in [0.05, 0.1) is 12.5 Å². The van der Waals surface area contributed by atoms with Crippen LogP contribution in [-0.4, -0.2) is 42.1 Å². The first-order valence-electron chi connectivity index (χ1n) is 6.23. The molecule has 102 valence electrons. The number of carbonyl (C=O) groups excluding carboxylic acids is 1. The Balaban J connectivity index is 2.09. The van der Waals surface area contributed by atoms with Gasteiger partial charge in [-0.15, -0.1) is 0 Å². The number of nitrogens with zero attached hydrogens (tertiary/aromatic N) is 1. The van der Waals surface area contributed by atoms with Gasteiger partial charge in [-0.05, 0) is 23.8 Å². The number of carboxylic acids is 1. The van der Waals surface area contributed by atoms with E-state index in [-0.39, 0.29) is 12.5 Å². The maximum absolute atomic E-state index is 12.2. The second kappa shape index (κ2) is 5.30. The van der Waals surface area contributed by atoms with Gasteiger partial charge in [0.25, 0.3) is 5.91 Å². The highest BCUT2D eigenvalue weighted by Crippen LogP contribution is 2.26. The normalized spacial score (nSPS) is 14.4. The highest BCUT2D eigenvalue weighted by atomic mass is 16.5. The van der Waals surface area contributed by atoms with Crippen molar-refractivity contribution in [1.29, 1.82) is 0 Å². The van der Waals surface area contributed by atoms with E-state index in [1.807, 2.05) is 6.07 Å². The fourth-order valence-corrected chi connectivity index (χ4v) is 2.11. The molecular weight excluding hydrogens is 246 g/mol. The van der Waals surface area contributed by atoms with Gasteiger partial charge in [0.2, 0.25) is 0 Å². The highest BCUT2D eigenvalue weighted by molar-refractivity contribution is 5.94. The quantitative estimate of drug-likeness (QED) is 0.892. The van der Waals surface area contributed by atoms with Crippen molar-refractivity contribution in [1.82, 2.24) is 4.90 Å². The minimum Gasteiger partial charge on any atom is -0.493 e. The molecule has 19 heavy (non-hydrogen) atoms. The summed E-state index contributed by atoms with van der Waals surface area (Å²) in [5.41, 5.74) is 1.61. The third-order valence-electron chi connectivity index (χ3n) is 3.25. The number of benzene rings is 1. The standard InChI is InChI=1S/C14H17NO4/c1-9(14(17)18)8-15(2)13(16)11-3-4-12-10(7-11)5-6-19-12/h3-4,7,9H,5-6,8H2,1-2H3,(H,17,18)/t9-/m1/s1. The van der Waals surface area contributed by atoms with E-state index in [1.54, 1.807) is 26.1 Å². The Morgan fingerprint density at radius 1 is 1.47 bits per heavy atom. The van der Waals surface area contributed by atoms with Crippen LogP contribution in [0.1, 0.15) is 22.8 Å². The third-order valence-corrected chi connectivity index (χ3v) is 3.25. The van der Waals surface area contributed by atoms with Gasteiger partial charge in [-0.1, -0.05) is 6.92 Å². The number of carboxylic acid groups (broad SMARTS) is 1. The summed E-state index contributed by atoms with van der Waals surface area (Å²) in [6, 6.07) is 5.34. The first kappa shape index (κ1) is 13.4. The number of aliphatic carboxylic acids is 1. The van der Waals surface area contributed by atoms with Crippen molar-refractivity contribution in [3.8, 4) is 5.75 Å². The van der Waals surface area contributed by atoms with Gasteiger partial charge in [-0.25, -0.2) is 0 Å². The van der Waals surface area contributed by atoms with Gasteiger partial charge in [0.1, 0.15) is 5.75 Å². The zero-order chi connectivity index (χ0) is 14.0. The Labute approximate surface area is 111 Å². The molecule has 0 bridgehead atoms. The molecule has 0 spiro atoms. The van der Waals surface area contributed by atoms with E-state index in [4.69, 9.17) is 9.84 Å². The highest BCUT2D eigenvalue weighted by Gasteiger charge is 2.20. The molecule has 0 saturated heterocycles. The molecule has 2 rings (SSSR count). The topological polar surface area (TPSA) is 66.8 Å². The molecule has 0 aromatic heterocycles. The lowest BCUT2D eigenvalue weighted by molar-refractivity contribution is -0.141. The number of rotatable bonds is 4. The summed E-state index contributed by atoms with van der Waals surface area (Å²) in [7, 11) is 1.62. The molecule has 1 aliphatic rings. The van der Waals surface area contributed by atoms with Crippen molar-refractivity contribution in [2.24, 2.45) is 5.92 Å². The van der Waals surface area contributed by atoms with Crippen LogP contribution in [0.5, 0.6) is 5.75 Å². The predicted octanol–water partition coefficient (Wildman–Crippen LogP) is 1.41. The molecule has 1 heterocycles. The molecule has 0 radical (unpaired) electrons. The summed E-state index contributed by atoms with van der Waals surface area (Å²) < 4.78 is 5.39. The van der Waals surface area contributed by atoms with Crippen LogP contribution in [0.25, 0.3) is 0 Å². The van der Waals surface area contributed by atoms with E-state index in [0.717, 1.165) is 17.7 Å². The number of fused-ring (bicyclic) bond motifs is 1. The monoisotopic (exact) mass is 263 g/mol. The van der Waals surface area contributed by atoms with Crippen molar-refractivity contribution < 1.29 is 19.4 Å². The lowest BCUT2D eigenvalue weighted by Crippen LogP contribution is -2.33. The van der Waals surface area contributed by atoms with Gasteiger partial charge in [0.15, 0.2) is 0 Å². The molecule has 0 aliphatic carbocycles. The van der Waals surface area contributed by atoms with Gasteiger partial charge in [-0.3, -0.25) is 9.59 Å². The Bertz CT molecular complexity index is 512. The van der Waals surface area contributed by atoms with Crippen molar-refractivity contribution in [3.63, 3.8) is 0 Å². The Morgan fingerprint density at radius 2 is 2.21 bits per heavy atom. The molecule has 1 amide bonds. The molecule has 1 aromatic rings. The molecule has 1 atom stereocenters. The minimum atomic E-state index is -0.901. The van der Waals surface area contributed by atoms with Crippen LogP contribution < -0.4 is 4.74 Å². The number of amides is 1. The molecule has 0 unspecified atom stereocenters. The fraction of sp³-hybridized carbons (Fsp3) is 0.429. The summed E-state index contributed by atoms with van der Waals surface area (Å²) in [5.74, 6) is -0.811. The van der Waals surface area contributed by atoms with Gasteiger partial charge < -0.3 is 14.7 Å². The molecule has 1 aromatic carbocycles. The molecule has 0 fully saturated rings. The maximum atomic E-state index is 12.2. The van der Waals surface area contributed by atoms with E-state index in [9.17, 15) is 9.59 Å². The van der Waals surface area contributed by atoms with E-state index in [0.29, 0.717) is 12.2 Å². The van der Waals surface area contributed by atoms with Gasteiger partial charge >= 0.3 is 5.97 Å². The number of ether oxygens (including phenoxy) is 1. The second-order valence-corrected chi connectivity index (χ2v) is 4.85. The first-order valence-corrected chi connectivity index (χ1v) is 6.23. The third kappa shape index (κ3) is 2.86. The van der Waals surface area contributed by atoms with Gasteiger partial charge in [0, 0.05) is 25.6 Å². The largest absolute Gasteiger partial charge is 0.493 e. The number of hydrogen-bond acceptors (Lipinski definition) is 3. The smallest absolute Gasteiger partial charge is 0.308 e. The van der Waals surface area contributed by atoms with Crippen LogP contribution in [0, 0.1) is 5.92 Å². The van der Waals surface area contributed by atoms with E-state index < -0.39 is 11.9 Å². The zero-order valence-electron chi connectivity index (χ0n) is 11.0. The maximum Gasteiger partial charge on any atom is 0.308 e. The average Bonchev–Trinajstić information content (AvgIpc) is 2.84. The van der Waals surface area contributed by atoms with E-state index in [2.05, 4.69) is 0 Å².